The van der Waals surface area contributed by atoms with Crippen LogP contribution >= 0.6 is 0 Å². The number of rotatable bonds is 9. The van der Waals surface area contributed by atoms with E-state index >= 15 is 0 Å². The Kier molecular flexibility index (Phi) is 5.39. The Balaban J connectivity index is 1.49. The van der Waals surface area contributed by atoms with Crippen LogP contribution in [0, 0.1) is 6.07 Å². The van der Waals surface area contributed by atoms with E-state index in [1.54, 1.807) is 0 Å². The molecule has 0 heteroatoms. The van der Waals surface area contributed by atoms with E-state index in [4.69, 9.17) is 0 Å². The van der Waals surface area contributed by atoms with Crippen molar-refractivity contribution < 1.29 is 0 Å². The Morgan fingerprint density at radius 3 is 2.00 bits per heavy atom. The SMILES string of the molecule is CCCCCCCCCCc1ccc2ccc3c[c]cc4ccc1c2c34. The summed E-state index contributed by atoms with van der Waals surface area (Å²) in [6.07, 6.45) is 12.3. The van der Waals surface area contributed by atoms with Crippen LogP contribution in [0.1, 0.15) is 63.9 Å². The van der Waals surface area contributed by atoms with E-state index in [9.17, 15) is 0 Å². The first kappa shape index (κ1) is 17.3. The van der Waals surface area contributed by atoms with Crippen molar-refractivity contribution in [1.29, 1.82) is 0 Å². The second kappa shape index (κ2) is 8.08. The van der Waals surface area contributed by atoms with E-state index in [1.165, 1.54) is 95.7 Å². The second-order valence-electron chi connectivity index (χ2n) is 7.74. The predicted octanol–water partition coefficient (Wildman–Crippen LogP) is 8.07. The van der Waals surface area contributed by atoms with Crippen LogP contribution in [-0.4, -0.2) is 0 Å². The van der Waals surface area contributed by atoms with Crippen LogP contribution in [0.25, 0.3) is 32.3 Å². The number of aryl methyl sites for hydroxylation is 1. The van der Waals surface area contributed by atoms with Gasteiger partial charge in [-0.15, -0.1) is 0 Å². The van der Waals surface area contributed by atoms with Gasteiger partial charge in [-0.25, -0.2) is 0 Å². The highest BCUT2D eigenvalue weighted by atomic mass is 14.1. The van der Waals surface area contributed by atoms with Gasteiger partial charge in [-0.3, -0.25) is 0 Å². The van der Waals surface area contributed by atoms with Gasteiger partial charge in [0.05, 0.1) is 0 Å². The second-order valence-corrected chi connectivity index (χ2v) is 7.74. The summed E-state index contributed by atoms with van der Waals surface area (Å²) in [5.41, 5.74) is 1.52. The van der Waals surface area contributed by atoms with Gasteiger partial charge < -0.3 is 0 Å². The lowest BCUT2D eigenvalue weighted by atomic mass is 9.90. The van der Waals surface area contributed by atoms with Gasteiger partial charge in [0, 0.05) is 0 Å². The van der Waals surface area contributed by atoms with Crippen molar-refractivity contribution in [1.82, 2.24) is 0 Å². The first-order valence-corrected chi connectivity index (χ1v) is 10.4. The van der Waals surface area contributed by atoms with Gasteiger partial charge in [0.15, 0.2) is 0 Å². The highest BCUT2D eigenvalue weighted by Gasteiger charge is 2.10. The molecule has 0 bridgehead atoms. The maximum absolute atomic E-state index is 3.28. The molecule has 0 fully saturated rings. The Morgan fingerprint density at radius 1 is 0.615 bits per heavy atom. The van der Waals surface area contributed by atoms with Crippen molar-refractivity contribution in [2.24, 2.45) is 0 Å². The minimum absolute atomic E-state index is 1.20. The van der Waals surface area contributed by atoms with Crippen LogP contribution < -0.4 is 0 Å². The summed E-state index contributed by atoms with van der Waals surface area (Å²) in [5, 5.41) is 8.30. The molecule has 0 aromatic heterocycles. The average molecular weight is 342 g/mol. The Labute approximate surface area is 157 Å². The van der Waals surface area contributed by atoms with Crippen molar-refractivity contribution in [3.63, 3.8) is 0 Å². The monoisotopic (exact) mass is 341 g/mol. The molecular weight excluding hydrogens is 312 g/mol. The van der Waals surface area contributed by atoms with Crippen molar-refractivity contribution in [3.8, 4) is 0 Å². The third-order valence-electron chi connectivity index (χ3n) is 5.84. The van der Waals surface area contributed by atoms with E-state index < -0.39 is 0 Å². The molecule has 4 aromatic carbocycles. The molecule has 0 heterocycles. The fraction of sp³-hybridized carbons (Fsp3) is 0.385. The van der Waals surface area contributed by atoms with Crippen LogP contribution in [0.4, 0.5) is 0 Å². The standard InChI is InChI=1S/C26H29/c1-2-3-4-5-6-7-8-9-11-20-14-15-23-17-16-21-12-10-13-22-18-19-24(20)26(23)25(21)22/h12-19H,2-9,11H2,1H3. The molecule has 26 heavy (non-hydrogen) atoms. The molecule has 0 N–H and O–H groups in total. The third-order valence-corrected chi connectivity index (χ3v) is 5.84. The first-order valence-electron chi connectivity index (χ1n) is 10.4. The normalized spacial score (nSPS) is 11.9. The van der Waals surface area contributed by atoms with Crippen molar-refractivity contribution in [2.75, 3.05) is 0 Å². The number of unbranched alkanes of at least 4 members (excludes halogenated alkanes) is 7. The van der Waals surface area contributed by atoms with Crippen LogP contribution in [0.2, 0.25) is 0 Å². The summed E-state index contributed by atoms with van der Waals surface area (Å²) < 4.78 is 0. The van der Waals surface area contributed by atoms with Gasteiger partial charge in [-0.2, -0.15) is 0 Å². The molecule has 0 saturated carbocycles. The van der Waals surface area contributed by atoms with E-state index in [1.807, 2.05) is 0 Å². The molecule has 1 radical (unpaired) electrons. The van der Waals surface area contributed by atoms with Crippen LogP contribution in [0.15, 0.2) is 48.5 Å². The van der Waals surface area contributed by atoms with Gasteiger partial charge in [-0.1, -0.05) is 88.3 Å². The third kappa shape index (κ3) is 3.43. The number of hydrogen-bond acceptors (Lipinski definition) is 0. The first-order chi connectivity index (χ1) is 12.9. The average Bonchev–Trinajstić information content (AvgIpc) is 2.69. The lowest BCUT2D eigenvalue weighted by Gasteiger charge is -2.13. The Hall–Kier alpha value is -2.08. The van der Waals surface area contributed by atoms with Gasteiger partial charge in [0.1, 0.15) is 0 Å². The lowest BCUT2D eigenvalue weighted by molar-refractivity contribution is 0.576. The minimum Gasteiger partial charge on any atom is -0.0654 e. The van der Waals surface area contributed by atoms with Crippen molar-refractivity contribution in [3.05, 3.63) is 60.2 Å². The highest BCUT2D eigenvalue weighted by Crippen LogP contribution is 2.36. The molecule has 0 spiro atoms. The maximum Gasteiger partial charge on any atom is -0.00240 e. The number of hydrogen-bond donors (Lipinski definition) is 0. The summed E-state index contributed by atoms with van der Waals surface area (Å²) in [6.45, 7) is 2.29. The van der Waals surface area contributed by atoms with E-state index in [2.05, 4.69) is 61.5 Å². The van der Waals surface area contributed by atoms with E-state index in [-0.39, 0.29) is 0 Å². The van der Waals surface area contributed by atoms with E-state index in [0.717, 1.165) is 0 Å². The molecular formula is C26H29. The van der Waals surface area contributed by atoms with Gasteiger partial charge >= 0.3 is 0 Å². The zero-order chi connectivity index (χ0) is 17.8. The molecule has 0 aliphatic rings. The molecule has 0 unspecified atom stereocenters. The molecule has 0 nitrogen and oxygen atoms in total. The van der Waals surface area contributed by atoms with Gasteiger partial charge in [-0.05, 0) is 68.9 Å². The molecule has 0 amide bonds. The topological polar surface area (TPSA) is 0 Å². The maximum atomic E-state index is 3.28. The van der Waals surface area contributed by atoms with Gasteiger partial charge in [0.2, 0.25) is 0 Å². The summed E-state index contributed by atoms with van der Waals surface area (Å²) >= 11 is 0. The summed E-state index contributed by atoms with van der Waals surface area (Å²) in [6, 6.07) is 21.3. The molecule has 0 saturated heterocycles. The largest absolute Gasteiger partial charge is 0.0654 e. The fourth-order valence-electron chi connectivity index (χ4n) is 4.39. The van der Waals surface area contributed by atoms with Crippen LogP contribution in [-0.2, 0) is 6.42 Å². The molecule has 0 aliphatic carbocycles. The predicted molar refractivity (Wildman–Crippen MR) is 115 cm³/mol. The zero-order valence-electron chi connectivity index (χ0n) is 16.0. The van der Waals surface area contributed by atoms with E-state index in [0.29, 0.717) is 0 Å². The van der Waals surface area contributed by atoms with Crippen LogP contribution in [0.3, 0.4) is 0 Å². The molecule has 0 atom stereocenters. The summed E-state index contributed by atoms with van der Waals surface area (Å²) in [7, 11) is 0. The van der Waals surface area contributed by atoms with Crippen molar-refractivity contribution >= 4 is 32.3 Å². The lowest BCUT2D eigenvalue weighted by Crippen LogP contribution is -1.91. The Bertz CT molecular complexity index is 963. The molecule has 0 aliphatic heterocycles. The summed E-state index contributed by atoms with van der Waals surface area (Å²) in [4.78, 5) is 0. The molecule has 4 rings (SSSR count). The minimum atomic E-state index is 1.20. The van der Waals surface area contributed by atoms with Crippen molar-refractivity contribution in [2.45, 2.75) is 64.7 Å². The number of benzene rings is 4. The molecule has 133 valence electrons. The zero-order valence-corrected chi connectivity index (χ0v) is 16.0. The molecule has 4 aromatic rings. The Morgan fingerprint density at radius 2 is 1.23 bits per heavy atom. The highest BCUT2D eigenvalue weighted by molar-refractivity contribution is 6.23. The summed E-state index contributed by atoms with van der Waals surface area (Å²) in [5.74, 6) is 0. The smallest absolute Gasteiger partial charge is 0.00240 e. The van der Waals surface area contributed by atoms with Crippen LogP contribution in [0.5, 0.6) is 0 Å². The van der Waals surface area contributed by atoms with Gasteiger partial charge in [0.25, 0.3) is 0 Å². The fourth-order valence-corrected chi connectivity index (χ4v) is 4.39. The quantitative estimate of drug-likeness (QED) is 0.213.